The van der Waals surface area contributed by atoms with E-state index in [2.05, 4.69) is 4.74 Å². The lowest BCUT2D eigenvalue weighted by molar-refractivity contribution is -0.153. The molecule has 1 aromatic carbocycles. The van der Waals surface area contributed by atoms with Crippen molar-refractivity contribution < 1.29 is 42.3 Å². The van der Waals surface area contributed by atoms with Crippen LogP contribution in [0.3, 0.4) is 0 Å². The topological polar surface area (TPSA) is 99.1 Å². The first-order valence-corrected chi connectivity index (χ1v) is 8.91. The van der Waals surface area contributed by atoms with Gasteiger partial charge in [0.2, 0.25) is 13.2 Å². The number of benzene rings is 1. The molecule has 1 heterocycles. The highest BCUT2D eigenvalue weighted by Crippen LogP contribution is 2.36. The molecular weight excluding hydrogens is 377 g/mol. The summed E-state index contributed by atoms with van der Waals surface area (Å²) < 4.78 is 38.9. The monoisotopic (exact) mass is 398 g/mol. The Morgan fingerprint density at radius 2 is 2.07 bits per heavy atom. The Kier molecular flexibility index (Phi) is 7.92. The number of fused-ring (bicyclic) bond motifs is 1. The number of halogens is 2. The van der Waals surface area contributed by atoms with Crippen molar-refractivity contribution in [2.24, 2.45) is 0 Å². The van der Waals surface area contributed by atoms with Crippen LogP contribution >= 0.6 is 0 Å². The predicted molar refractivity (Wildman–Crippen MR) is 94.0 cm³/mol. The highest BCUT2D eigenvalue weighted by molar-refractivity contribution is 6.47. The molecule has 0 unspecified atom stereocenters. The third kappa shape index (κ3) is 6.02. The van der Waals surface area contributed by atoms with Crippen LogP contribution in [-0.2, 0) is 25.5 Å². The van der Waals surface area contributed by atoms with Crippen LogP contribution in [0.1, 0.15) is 48.5 Å². The Morgan fingerprint density at radius 3 is 2.75 bits per heavy atom. The molecule has 2 rings (SSSR count). The fraction of sp³-hybridized carbons (Fsp3) is 0.500. The van der Waals surface area contributed by atoms with Crippen molar-refractivity contribution in [2.75, 3.05) is 6.79 Å². The van der Waals surface area contributed by atoms with Crippen molar-refractivity contribution >= 4 is 24.8 Å². The molecule has 0 fully saturated rings. The van der Waals surface area contributed by atoms with Gasteiger partial charge in [-0.1, -0.05) is 19.1 Å². The molecule has 152 valence electrons. The first-order chi connectivity index (χ1) is 13.3. The minimum absolute atomic E-state index is 0.000298. The lowest BCUT2D eigenvalue weighted by Crippen LogP contribution is -2.35. The van der Waals surface area contributed by atoms with Crippen molar-refractivity contribution in [1.29, 1.82) is 0 Å². The molecule has 0 aromatic heterocycles. The van der Waals surface area contributed by atoms with Gasteiger partial charge in [0, 0.05) is 25.1 Å². The SMILES string of the molecule is CCC(=O)C[C@H]1Cc2cccc(C(=O)OCOC(=O)CCC(F)F)c2OB1O. The van der Waals surface area contributed by atoms with Gasteiger partial charge in [-0.25, -0.2) is 13.6 Å². The Bertz CT molecular complexity index is 726. The largest absolute Gasteiger partial charge is 0.535 e. The van der Waals surface area contributed by atoms with Gasteiger partial charge in [-0.3, -0.25) is 9.59 Å². The molecule has 0 spiro atoms. The Morgan fingerprint density at radius 1 is 1.32 bits per heavy atom. The van der Waals surface area contributed by atoms with Crippen LogP contribution < -0.4 is 4.65 Å². The third-order valence-corrected chi connectivity index (χ3v) is 4.30. The second kappa shape index (κ2) is 10.2. The van der Waals surface area contributed by atoms with Gasteiger partial charge in [-0.05, 0) is 18.1 Å². The summed E-state index contributed by atoms with van der Waals surface area (Å²) in [7, 11) is -1.25. The van der Waals surface area contributed by atoms with E-state index in [0.717, 1.165) is 0 Å². The Balaban J connectivity index is 1.97. The summed E-state index contributed by atoms with van der Waals surface area (Å²) in [5, 5.41) is 10.2. The van der Waals surface area contributed by atoms with Crippen molar-refractivity contribution in [3.05, 3.63) is 29.3 Å². The number of para-hydroxylation sites is 1. The number of carbonyl (C=O) groups is 3. The van der Waals surface area contributed by atoms with E-state index in [0.29, 0.717) is 18.4 Å². The van der Waals surface area contributed by atoms with E-state index in [1.807, 2.05) is 0 Å². The van der Waals surface area contributed by atoms with Gasteiger partial charge in [0.05, 0.1) is 6.42 Å². The minimum Gasteiger partial charge on any atom is -0.535 e. The zero-order chi connectivity index (χ0) is 20.7. The average Bonchev–Trinajstić information content (AvgIpc) is 2.66. The predicted octanol–water partition coefficient (Wildman–Crippen LogP) is 2.54. The maximum Gasteiger partial charge on any atom is 0.526 e. The molecule has 1 N–H and O–H groups in total. The molecule has 10 heteroatoms. The molecule has 1 aliphatic heterocycles. The summed E-state index contributed by atoms with van der Waals surface area (Å²) in [6, 6.07) is 4.74. The smallest absolute Gasteiger partial charge is 0.526 e. The van der Waals surface area contributed by atoms with Crippen LogP contribution in [-0.4, -0.2) is 43.1 Å². The van der Waals surface area contributed by atoms with Gasteiger partial charge in [0.25, 0.3) is 0 Å². The van der Waals surface area contributed by atoms with Gasteiger partial charge in [-0.2, -0.15) is 0 Å². The number of alkyl halides is 2. The van der Waals surface area contributed by atoms with E-state index in [4.69, 9.17) is 9.39 Å². The number of ether oxygens (including phenoxy) is 2. The van der Waals surface area contributed by atoms with E-state index in [9.17, 15) is 28.2 Å². The molecular formula is C18H21BF2O7. The van der Waals surface area contributed by atoms with Crippen LogP contribution in [0.2, 0.25) is 5.82 Å². The van der Waals surface area contributed by atoms with Crippen LogP contribution in [0.25, 0.3) is 0 Å². The number of esters is 2. The fourth-order valence-corrected chi connectivity index (χ4v) is 2.78. The summed E-state index contributed by atoms with van der Waals surface area (Å²) in [5.74, 6) is -2.03. The summed E-state index contributed by atoms with van der Waals surface area (Å²) in [4.78, 5) is 35.1. The normalized spacial score (nSPS) is 15.6. The van der Waals surface area contributed by atoms with Crippen LogP contribution in [0.15, 0.2) is 18.2 Å². The summed E-state index contributed by atoms with van der Waals surface area (Å²) in [6.45, 7) is 1.02. The van der Waals surface area contributed by atoms with Crippen LogP contribution in [0, 0.1) is 0 Å². The zero-order valence-corrected chi connectivity index (χ0v) is 15.4. The van der Waals surface area contributed by atoms with E-state index in [1.165, 1.54) is 6.07 Å². The second-order valence-electron chi connectivity index (χ2n) is 6.36. The van der Waals surface area contributed by atoms with E-state index in [1.54, 1.807) is 19.1 Å². The minimum atomic E-state index is -2.62. The zero-order valence-electron chi connectivity index (χ0n) is 15.4. The van der Waals surface area contributed by atoms with Gasteiger partial charge in [-0.15, -0.1) is 0 Å². The molecule has 0 bridgehead atoms. The van der Waals surface area contributed by atoms with Gasteiger partial charge in [0.15, 0.2) is 0 Å². The number of Topliss-reactive ketones (excluding diaryl/α,β-unsaturated/α-hetero) is 1. The molecule has 28 heavy (non-hydrogen) atoms. The second-order valence-corrected chi connectivity index (χ2v) is 6.36. The van der Waals surface area contributed by atoms with Gasteiger partial charge < -0.3 is 19.2 Å². The van der Waals surface area contributed by atoms with Crippen LogP contribution in [0.5, 0.6) is 5.75 Å². The quantitative estimate of drug-likeness (QED) is 0.388. The molecule has 0 amide bonds. The summed E-state index contributed by atoms with van der Waals surface area (Å²) in [5.41, 5.74) is 0.669. The van der Waals surface area contributed by atoms with Crippen molar-refractivity contribution in [2.45, 2.75) is 51.3 Å². The Hall–Kier alpha value is -2.49. The maximum absolute atomic E-state index is 12.2. The number of hydrogen-bond donors (Lipinski definition) is 1. The molecule has 0 aliphatic carbocycles. The van der Waals surface area contributed by atoms with Crippen molar-refractivity contribution in [3.8, 4) is 5.75 Å². The summed E-state index contributed by atoms with van der Waals surface area (Å²) in [6.07, 6.45) is -2.86. The molecule has 7 nitrogen and oxygen atoms in total. The number of rotatable bonds is 9. The van der Waals surface area contributed by atoms with Gasteiger partial charge in [0.1, 0.15) is 17.1 Å². The van der Waals surface area contributed by atoms with Crippen LogP contribution in [0.4, 0.5) is 8.78 Å². The fourth-order valence-electron chi connectivity index (χ4n) is 2.78. The molecule has 0 radical (unpaired) electrons. The molecule has 0 saturated carbocycles. The molecule has 0 saturated heterocycles. The highest BCUT2D eigenvalue weighted by atomic mass is 19.3. The van der Waals surface area contributed by atoms with E-state index >= 15 is 0 Å². The van der Waals surface area contributed by atoms with Gasteiger partial charge >= 0.3 is 19.1 Å². The Labute approximate surface area is 161 Å². The van der Waals surface area contributed by atoms with E-state index < -0.39 is 50.9 Å². The average molecular weight is 398 g/mol. The van der Waals surface area contributed by atoms with E-state index in [-0.39, 0.29) is 23.5 Å². The molecule has 1 atom stereocenters. The number of hydrogen-bond acceptors (Lipinski definition) is 7. The maximum atomic E-state index is 12.2. The number of carbonyl (C=O) groups excluding carboxylic acids is 3. The molecule has 1 aromatic rings. The standard InChI is InChI=1S/C18H21BF2O7/c1-2-13(22)9-12-8-11-4-3-5-14(17(11)28-19(12)25)18(24)27-10-26-16(23)7-6-15(20)21/h3-5,12,15,25H,2,6-10H2,1H3/t12-/m1/s1. The van der Waals surface area contributed by atoms with Crippen molar-refractivity contribution in [3.63, 3.8) is 0 Å². The lowest BCUT2D eigenvalue weighted by atomic mass is 9.64. The van der Waals surface area contributed by atoms with Crippen molar-refractivity contribution in [1.82, 2.24) is 0 Å². The molecule has 1 aliphatic rings. The highest BCUT2D eigenvalue weighted by Gasteiger charge is 2.37. The first-order valence-electron chi connectivity index (χ1n) is 8.91. The number of ketones is 1. The lowest BCUT2D eigenvalue weighted by Gasteiger charge is -2.28. The third-order valence-electron chi connectivity index (χ3n) is 4.30. The first kappa shape index (κ1) is 21.8. The summed E-state index contributed by atoms with van der Waals surface area (Å²) >= 11 is 0.